The van der Waals surface area contributed by atoms with E-state index < -0.39 is 11.6 Å². The quantitative estimate of drug-likeness (QED) is 0.564. The van der Waals surface area contributed by atoms with Crippen LogP contribution in [0.4, 0.5) is 8.78 Å². The van der Waals surface area contributed by atoms with Gasteiger partial charge in [0.1, 0.15) is 17.3 Å². The van der Waals surface area contributed by atoms with Gasteiger partial charge in [0.15, 0.2) is 0 Å². The minimum Gasteiger partial charge on any atom is -0.301 e. The largest absolute Gasteiger partial charge is 0.301 e. The Morgan fingerprint density at radius 1 is 0.970 bits per heavy atom. The lowest BCUT2D eigenvalue weighted by Crippen LogP contribution is -2.39. The zero-order chi connectivity index (χ0) is 22.9. The molecule has 5 rings (SSSR count). The fraction of sp³-hybridized carbons (Fsp3) is 0.385. The number of pyridine rings is 2. The third-order valence-electron chi connectivity index (χ3n) is 6.99. The monoisotopic (exact) mass is 451 g/mol. The highest BCUT2D eigenvalue weighted by atomic mass is 19.1. The van der Waals surface area contributed by atoms with Crippen LogP contribution in [0.25, 0.3) is 17.1 Å². The number of piperidine rings is 1. The molecule has 1 fully saturated rings. The van der Waals surface area contributed by atoms with Gasteiger partial charge in [-0.1, -0.05) is 12.2 Å². The predicted octanol–water partition coefficient (Wildman–Crippen LogP) is 4.20. The van der Waals surface area contributed by atoms with E-state index in [1.165, 1.54) is 6.07 Å². The number of nitrogens with zero attached hydrogens (tertiary/aromatic N) is 3. The summed E-state index contributed by atoms with van der Waals surface area (Å²) in [6.45, 7) is 3.21. The van der Waals surface area contributed by atoms with Gasteiger partial charge in [-0.2, -0.15) is 0 Å². The summed E-state index contributed by atoms with van der Waals surface area (Å²) in [6, 6.07) is 10.2. The highest BCUT2D eigenvalue weighted by molar-refractivity contribution is 5.76. The lowest BCUT2D eigenvalue weighted by Gasteiger charge is -2.33. The Kier molecular flexibility index (Phi) is 5.98. The molecular weight excluding hydrogens is 424 g/mol. The van der Waals surface area contributed by atoms with Gasteiger partial charge in [-0.05, 0) is 75.0 Å². The number of rotatable bonds is 6. The smallest absolute Gasteiger partial charge is 0.252 e. The molecule has 2 aliphatic heterocycles. The zero-order valence-electron chi connectivity index (χ0n) is 18.4. The van der Waals surface area contributed by atoms with Gasteiger partial charge in [0.05, 0.1) is 6.04 Å². The average molecular weight is 452 g/mol. The Morgan fingerprint density at radius 3 is 2.52 bits per heavy atom. The van der Waals surface area contributed by atoms with Crippen molar-refractivity contribution in [2.24, 2.45) is 5.92 Å². The summed E-state index contributed by atoms with van der Waals surface area (Å²) in [4.78, 5) is 27.3. The van der Waals surface area contributed by atoms with E-state index in [2.05, 4.69) is 4.90 Å². The second-order valence-electron chi connectivity index (χ2n) is 9.15. The summed E-state index contributed by atoms with van der Waals surface area (Å²) in [5, 5.41) is 0.918. The standard InChI is InChI=1S/C26H27F2N3O2/c27-21-7-8-23(28)20(15-21)4-2-1-3-18-11-13-29(14-12-18)16-22-17-30-24(32)9-5-19-6-10-25(33)31(22)26(19)30/h2,4-10,15,18,22H,1,3,11-14,16-17H2/b4-2+/t22-/m1/s1. The van der Waals surface area contributed by atoms with Crippen molar-refractivity contribution < 1.29 is 8.78 Å². The van der Waals surface area contributed by atoms with Crippen LogP contribution in [0.1, 0.15) is 37.3 Å². The number of likely N-dealkylation sites (tertiary alicyclic amines) is 1. The highest BCUT2D eigenvalue weighted by Crippen LogP contribution is 2.27. The van der Waals surface area contributed by atoms with Gasteiger partial charge in [0.2, 0.25) is 0 Å². The van der Waals surface area contributed by atoms with Crippen LogP contribution >= 0.6 is 0 Å². The molecule has 0 unspecified atom stereocenters. The molecule has 4 heterocycles. The highest BCUT2D eigenvalue weighted by Gasteiger charge is 2.29. The molecule has 1 saturated heterocycles. The van der Waals surface area contributed by atoms with Crippen molar-refractivity contribution in [2.45, 2.75) is 38.3 Å². The first-order valence-corrected chi connectivity index (χ1v) is 11.6. The van der Waals surface area contributed by atoms with Crippen molar-refractivity contribution in [1.82, 2.24) is 14.0 Å². The molecule has 0 bridgehead atoms. The van der Waals surface area contributed by atoms with Crippen molar-refractivity contribution in [3.05, 3.63) is 86.4 Å². The summed E-state index contributed by atoms with van der Waals surface area (Å²) < 4.78 is 30.5. The van der Waals surface area contributed by atoms with E-state index in [1.807, 2.05) is 6.08 Å². The topological polar surface area (TPSA) is 47.2 Å². The van der Waals surface area contributed by atoms with Crippen LogP contribution in [0.2, 0.25) is 0 Å². The first-order chi connectivity index (χ1) is 16.0. The van der Waals surface area contributed by atoms with E-state index in [0.717, 1.165) is 68.5 Å². The van der Waals surface area contributed by atoms with Crippen molar-refractivity contribution in [1.29, 1.82) is 0 Å². The summed E-state index contributed by atoms with van der Waals surface area (Å²) in [5.41, 5.74) is 0.901. The molecule has 0 radical (unpaired) electrons. The first-order valence-electron chi connectivity index (χ1n) is 11.6. The molecule has 1 atom stereocenters. The lowest BCUT2D eigenvalue weighted by atomic mass is 9.92. The number of aromatic nitrogens is 2. The summed E-state index contributed by atoms with van der Waals surface area (Å²) in [6.07, 6.45) is 7.57. The molecule has 33 heavy (non-hydrogen) atoms. The molecule has 3 aromatic rings. The van der Waals surface area contributed by atoms with Gasteiger partial charge in [-0.3, -0.25) is 18.7 Å². The van der Waals surface area contributed by atoms with Gasteiger partial charge in [0, 0.05) is 36.2 Å². The second kappa shape index (κ2) is 9.06. The van der Waals surface area contributed by atoms with Crippen LogP contribution in [-0.2, 0) is 6.54 Å². The first kappa shape index (κ1) is 21.8. The number of hydrogen-bond donors (Lipinski definition) is 0. The Balaban J connectivity index is 1.15. The number of allylic oxidation sites excluding steroid dienone is 1. The van der Waals surface area contributed by atoms with Crippen LogP contribution in [0.3, 0.4) is 0 Å². The van der Waals surface area contributed by atoms with E-state index in [0.29, 0.717) is 12.5 Å². The van der Waals surface area contributed by atoms with Crippen LogP contribution in [0.5, 0.6) is 0 Å². The Morgan fingerprint density at radius 2 is 1.73 bits per heavy atom. The summed E-state index contributed by atoms with van der Waals surface area (Å²) in [7, 11) is 0. The zero-order valence-corrected chi connectivity index (χ0v) is 18.4. The predicted molar refractivity (Wildman–Crippen MR) is 125 cm³/mol. The molecule has 2 aliphatic rings. The SMILES string of the molecule is O=c1ccc2ccc(=O)n3c2n1C[C@H]3CN1CCC(CC/C=C/c2cc(F)ccc2F)CC1. The second-order valence-corrected chi connectivity index (χ2v) is 9.15. The Hall–Kier alpha value is -3.06. The normalized spacial score (nSPS) is 19.2. The average Bonchev–Trinajstić information content (AvgIpc) is 3.20. The van der Waals surface area contributed by atoms with Gasteiger partial charge in [-0.25, -0.2) is 8.78 Å². The molecule has 2 aromatic heterocycles. The van der Waals surface area contributed by atoms with E-state index in [4.69, 9.17) is 0 Å². The number of benzene rings is 1. The fourth-order valence-electron chi connectivity index (χ4n) is 5.23. The molecule has 0 aliphatic carbocycles. The number of hydrogen-bond acceptors (Lipinski definition) is 3. The van der Waals surface area contributed by atoms with E-state index in [9.17, 15) is 18.4 Å². The summed E-state index contributed by atoms with van der Waals surface area (Å²) in [5.74, 6) is -0.248. The Labute approximate surface area is 190 Å². The van der Waals surface area contributed by atoms with Crippen molar-refractivity contribution >= 4 is 17.1 Å². The van der Waals surface area contributed by atoms with Crippen LogP contribution in [0.15, 0.2) is 58.1 Å². The fourth-order valence-corrected chi connectivity index (χ4v) is 5.23. The van der Waals surface area contributed by atoms with Gasteiger partial charge in [-0.15, -0.1) is 0 Å². The van der Waals surface area contributed by atoms with Crippen LogP contribution < -0.4 is 11.1 Å². The van der Waals surface area contributed by atoms with Gasteiger partial charge in [0.25, 0.3) is 11.1 Å². The maximum Gasteiger partial charge on any atom is 0.252 e. The van der Waals surface area contributed by atoms with Crippen molar-refractivity contribution in [2.75, 3.05) is 19.6 Å². The maximum atomic E-state index is 13.7. The molecule has 172 valence electrons. The van der Waals surface area contributed by atoms with Crippen LogP contribution in [0, 0.1) is 17.6 Å². The molecule has 0 saturated carbocycles. The molecule has 0 spiro atoms. The third kappa shape index (κ3) is 4.42. The Bertz CT molecular complexity index is 1310. The molecule has 5 nitrogen and oxygen atoms in total. The maximum absolute atomic E-state index is 13.7. The lowest BCUT2D eigenvalue weighted by molar-refractivity contribution is 0.157. The minimum absolute atomic E-state index is 0.0306. The van der Waals surface area contributed by atoms with Crippen molar-refractivity contribution in [3.8, 4) is 0 Å². The number of halogens is 2. The van der Waals surface area contributed by atoms with E-state index in [-0.39, 0.29) is 22.7 Å². The van der Waals surface area contributed by atoms with Crippen molar-refractivity contribution in [3.63, 3.8) is 0 Å². The molecule has 1 aromatic carbocycles. The van der Waals surface area contributed by atoms with Gasteiger partial charge < -0.3 is 4.90 Å². The summed E-state index contributed by atoms with van der Waals surface area (Å²) >= 11 is 0. The minimum atomic E-state index is -0.433. The van der Waals surface area contributed by atoms with E-state index >= 15 is 0 Å². The molecular formula is C26H27F2N3O2. The van der Waals surface area contributed by atoms with E-state index in [1.54, 1.807) is 39.5 Å². The van der Waals surface area contributed by atoms with Crippen LogP contribution in [-0.4, -0.2) is 33.7 Å². The van der Waals surface area contributed by atoms with Gasteiger partial charge >= 0.3 is 0 Å². The molecule has 0 N–H and O–H groups in total. The molecule has 0 amide bonds. The third-order valence-corrected chi connectivity index (χ3v) is 6.99. The molecule has 7 heteroatoms.